The monoisotopic (exact) mass is 408 g/mol. The predicted octanol–water partition coefficient (Wildman–Crippen LogP) is 4.27. The summed E-state index contributed by atoms with van der Waals surface area (Å²) in [5, 5.41) is 17.5. The van der Waals surface area contributed by atoms with Gasteiger partial charge >= 0.3 is 11.0 Å². The number of esters is 1. The van der Waals surface area contributed by atoms with Gasteiger partial charge in [-0.05, 0) is 13.0 Å². The second-order valence-electron chi connectivity index (χ2n) is 6.46. The average molecular weight is 408 g/mol. The molecule has 8 nitrogen and oxygen atoms in total. The van der Waals surface area contributed by atoms with Crippen molar-refractivity contribution in [1.82, 2.24) is 14.8 Å². The van der Waals surface area contributed by atoms with E-state index in [9.17, 15) is 14.9 Å². The summed E-state index contributed by atoms with van der Waals surface area (Å²) < 4.78 is 7.09. The Bertz CT molecular complexity index is 1230. The molecular formula is C20H16N4O4S. The molecular weight excluding hydrogens is 392 g/mol. The van der Waals surface area contributed by atoms with Gasteiger partial charge in [0.25, 0.3) is 0 Å². The van der Waals surface area contributed by atoms with E-state index in [1.165, 1.54) is 6.07 Å². The minimum absolute atomic E-state index is 0.0109. The maximum absolute atomic E-state index is 12.9. The third-order valence-electron chi connectivity index (χ3n) is 4.45. The van der Waals surface area contributed by atoms with Crippen molar-refractivity contribution in [2.75, 3.05) is 0 Å². The van der Waals surface area contributed by atoms with Crippen LogP contribution in [0.5, 0.6) is 0 Å². The van der Waals surface area contributed by atoms with Crippen LogP contribution in [0.25, 0.3) is 22.3 Å². The number of benzene rings is 1. The zero-order valence-corrected chi connectivity index (χ0v) is 16.5. The molecule has 0 saturated carbocycles. The molecule has 3 aromatic heterocycles. The molecule has 3 heterocycles. The van der Waals surface area contributed by atoms with Crippen LogP contribution in [0.1, 0.15) is 21.6 Å². The number of hydrogen-bond donors (Lipinski definition) is 0. The largest absolute Gasteiger partial charge is 0.457 e. The SMILES string of the molecule is Cc1nn(C)c2nc(-c3ccccc3)cc(C(=O)OCc3csc([N+](=O)[O-])c3)c12. The molecule has 0 spiro atoms. The summed E-state index contributed by atoms with van der Waals surface area (Å²) in [6.07, 6.45) is 0. The highest BCUT2D eigenvalue weighted by molar-refractivity contribution is 7.13. The minimum atomic E-state index is -0.528. The molecule has 0 aliphatic heterocycles. The highest BCUT2D eigenvalue weighted by Gasteiger charge is 2.21. The third kappa shape index (κ3) is 3.59. The first-order valence-electron chi connectivity index (χ1n) is 8.72. The van der Waals surface area contributed by atoms with Crippen LogP contribution in [0.15, 0.2) is 47.8 Å². The number of rotatable bonds is 5. The molecule has 0 N–H and O–H groups in total. The van der Waals surface area contributed by atoms with Crippen LogP contribution < -0.4 is 0 Å². The summed E-state index contributed by atoms with van der Waals surface area (Å²) in [7, 11) is 1.77. The molecule has 146 valence electrons. The van der Waals surface area contributed by atoms with Gasteiger partial charge in [-0.15, -0.1) is 0 Å². The van der Waals surface area contributed by atoms with E-state index in [1.54, 1.807) is 23.2 Å². The lowest BCUT2D eigenvalue weighted by molar-refractivity contribution is -0.380. The molecule has 0 radical (unpaired) electrons. The molecule has 0 aliphatic rings. The topological polar surface area (TPSA) is 100 Å². The number of fused-ring (bicyclic) bond motifs is 1. The molecule has 29 heavy (non-hydrogen) atoms. The first-order chi connectivity index (χ1) is 13.9. The zero-order valence-electron chi connectivity index (χ0n) is 15.7. The van der Waals surface area contributed by atoms with Crippen molar-refractivity contribution >= 4 is 33.3 Å². The number of hydrogen-bond acceptors (Lipinski definition) is 7. The number of thiophene rings is 1. The van der Waals surface area contributed by atoms with Crippen molar-refractivity contribution in [1.29, 1.82) is 0 Å². The van der Waals surface area contributed by atoms with Gasteiger partial charge < -0.3 is 4.74 Å². The summed E-state index contributed by atoms with van der Waals surface area (Å²) in [5.74, 6) is -0.528. The molecule has 4 aromatic rings. The molecule has 0 fully saturated rings. The van der Waals surface area contributed by atoms with Gasteiger partial charge in [0, 0.05) is 29.6 Å². The average Bonchev–Trinajstić information content (AvgIpc) is 3.31. The van der Waals surface area contributed by atoms with Crippen LogP contribution in [0.2, 0.25) is 0 Å². The molecule has 1 aromatic carbocycles. The predicted molar refractivity (Wildman–Crippen MR) is 109 cm³/mol. The van der Waals surface area contributed by atoms with Crippen LogP contribution in [0.4, 0.5) is 5.00 Å². The Kier molecular flexibility index (Phi) is 4.81. The molecule has 9 heteroatoms. The van der Waals surface area contributed by atoms with Gasteiger partial charge in [-0.2, -0.15) is 5.10 Å². The Morgan fingerprint density at radius 2 is 2.03 bits per heavy atom. The van der Waals surface area contributed by atoms with E-state index < -0.39 is 10.9 Å². The summed E-state index contributed by atoms with van der Waals surface area (Å²) >= 11 is 0.999. The van der Waals surface area contributed by atoms with Gasteiger partial charge in [0.1, 0.15) is 6.61 Å². The summed E-state index contributed by atoms with van der Waals surface area (Å²) in [6, 6.07) is 12.6. The fourth-order valence-electron chi connectivity index (χ4n) is 3.12. The number of nitro groups is 1. The van der Waals surface area contributed by atoms with E-state index in [0.717, 1.165) is 16.9 Å². The summed E-state index contributed by atoms with van der Waals surface area (Å²) in [6.45, 7) is 1.76. The molecule has 0 atom stereocenters. The molecule has 0 saturated heterocycles. The maximum Gasteiger partial charge on any atom is 0.339 e. The zero-order chi connectivity index (χ0) is 20.5. The molecule has 0 unspecified atom stereocenters. The Balaban J connectivity index is 1.71. The fraction of sp³-hybridized carbons (Fsp3) is 0.150. The van der Waals surface area contributed by atoms with Crippen LogP contribution in [0, 0.1) is 17.0 Å². The standard InChI is InChI=1S/C20H16N4O4S/c1-12-18-15(20(25)28-10-13-8-17(24(26)27)29-11-13)9-16(14-6-4-3-5-7-14)21-19(18)23(2)22-12/h3-9,11H,10H2,1-2H3. The van der Waals surface area contributed by atoms with Gasteiger partial charge in [-0.25, -0.2) is 9.78 Å². The lowest BCUT2D eigenvalue weighted by Gasteiger charge is -2.08. The summed E-state index contributed by atoms with van der Waals surface area (Å²) in [5.41, 5.74) is 3.71. The number of carbonyl (C=O) groups excluding carboxylic acids is 1. The van der Waals surface area contributed by atoms with Crippen LogP contribution in [-0.4, -0.2) is 25.7 Å². The Hall–Kier alpha value is -3.59. The Morgan fingerprint density at radius 1 is 1.28 bits per heavy atom. The van der Waals surface area contributed by atoms with Gasteiger partial charge in [-0.1, -0.05) is 41.7 Å². The van der Waals surface area contributed by atoms with Crippen molar-refractivity contribution in [3.8, 4) is 11.3 Å². The van der Waals surface area contributed by atoms with Gasteiger partial charge in [0.2, 0.25) is 0 Å². The first kappa shape index (κ1) is 18.8. The lowest BCUT2D eigenvalue weighted by Crippen LogP contribution is -2.07. The van der Waals surface area contributed by atoms with Crippen molar-refractivity contribution < 1.29 is 14.5 Å². The number of carbonyl (C=O) groups is 1. The number of aryl methyl sites for hydroxylation is 2. The first-order valence-corrected chi connectivity index (χ1v) is 9.60. The van der Waals surface area contributed by atoms with Crippen molar-refractivity contribution in [2.45, 2.75) is 13.5 Å². The van der Waals surface area contributed by atoms with E-state index >= 15 is 0 Å². The minimum Gasteiger partial charge on any atom is -0.457 e. The van der Waals surface area contributed by atoms with E-state index in [-0.39, 0.29) is 11.6 Å². The second-order valence-corrected chi connectivity index (χ2v) is 7.34. The number of nitrogens with zero attached hydrogens (tertiary/aromatic N) is 4. The van der Waals surface area contributed by atoms with Crippen molar-refractivity contribution in [3.63, 3.8) is 0 Å². The Morgan fingerprint density at radius 3 is 2.72 bits per heavy atom. The molecule has 0 aliphatic carbocycles. The van der Waals surface area contributed by atoms with Crippen molar-refractivity contribution in [2.24, 2.45) is 7.05 Å². The molecule has 0 amide bonds. The highest BCUT2D eigenvalue weighted by Crippen LogP contribution is 2.28. The van der Waals surface area contributed by atoms with Crippen LogP contribution >= 0.6 is 11.3 Å². The van der Waals surface area contributed by atoms with E-state index in [2.05, 4.69) is 10.1 Å². The van der Waals surface area contributed by atoms with E-state index in [0.29, 0.717) is 33.5 Å². The van der Waals surface area contributed by atoms with E-state index in [1.807, 2.05) is 37.3 Å². The van der Waals surface area contributed by atoms with E-state index in [4.69, 9.17) is 4.74 Å². The van der Waals surface area contributed by atoms with Gasteiger partial charge in [0.15, 0.2) is 5.65 Å². The van der Waals surface area contributed by atoms with Gasteiger partial charge in [0.05, 0.1) is 27.3 Å². The smallest absolute Gasteiger partial charge is 0.339 e. The highest BCUT2D eigenvalue weighted by atomic mass is 32.1. The quantitative estimate of drug-likeness (QED) is 0.278. The maximum atomic E-state index is 12.9. The number of pyridine rings is 1. The lowest BCUT2D eigenvalue weighted by atomic mass is 10.1. The normalized spacial score (nSPS) is 11.0. The Labute approximate surface area is 169 Å². The number of ether oxygens (including phenoxy) is 1. The van der Waals surface area contributed by atoms with Crippen LogP contribution in [0.3, 0.4) is 0 Å². The van der Waals surface area contributed by atoms with Crippen LogP contribution in [-0.2, 0) is 18.4 Å². The summed E-state index contributed by atoms with van der Waals surface area (Å²) in [4.78, 5) is 27.9. The second kappa shape index (κ2) is 7.44. The fourth-order valence-corrected chi connectivity index (χ4v) is 3.84. The third-order valence-corrected chi connectivity index (χ3v) is 5.38. The molecule has 0 bridgehead atoms. The van der Waals surface area contributed by atoms with Gasteiger partial charge in [-0.3, -0.25) is 14.8 Å². The molecule has 4 rings (SSSR count). The number of aromatic nitrogens is 3. The van der Waals surface area contributed by atoms with Crippen molar-refractivity contribution in [3.05, 3.63) is 74.8 Å².